The molecule has 0 saturated heterocycles. The van der Waals surface area contributed by atoms with Crippen LogP contribution in [0.1, 0.15) is 13.3 Å². The van der Waals surface area contributed by atoms with Gasteiger partial charge in [0.1, 0.15) is 0 Å². The van der Waals surface area contributed by atoms with Crippen LogP contribution in [0.5, 0.6) is 0 Å². The van der Waals surface area contributed by atoms with Crippen LogP contribution in [0.25, 0.3) is 0 Å². The van der Waals surface area contributed by atoms with Crippen LogP contribution in [-0.2, 0) is 4.79 Å². The van der Waals surface area contributed by atoms with Gasteiger partial charge in [-0.05, 0) is 24.1 Å². The van der Waals surface area contributed by atoms with Crippen molar-refractivity contribution in [1.82, 2.24) is 0 Å². The van der Waals surface area contributed by atoms with Crippen LogP contribution in [0.2, 0.25) is 5.02 Å². The van der Waals surface area contributed by atoms with E-state index in [1.54, 1.807) is 6.07 Å². The minimum absolute atomic E-state index is 0.0986. The summed E-state index contributed by atoms with van der Waals surface area (Å²) < 4.78 is 0. The number of carbonyl (C=O) groups is 1. The highest BCUT2D eigenvalue weighted by Crippen LogP contribution is 2.15. The zero-order chi connectivity index (χ0) is 11.3. The van der Waals surface area contributed by atoms with E-state index in [2.05, 4.69) is 5.32 Å². The van der Waals surface area contributed by atoms with Crippen LogP contribution in [-0.4, -0.2) is 17.6 Å². The van der Waals surface area contributed by atoms with Gasteiger partial charge in [-0.15, -0.1) is 0 Å². The van der Waals surface area contributed by atoms with Crippen LogP contribution in [0, 0.1) is 5.92 Å². The Balaban J connectivity index is 2.40. The normalized spacial score (nSPS) is 12.1. The van der Waals surface area contributed by atoms with Crippen molar-refractivity contribution in [1.29, 1.82) is 0 Å². The zero-order valence-corrected chi connectivity index (χ0v) is 9.29. The molecule has 0 saturated carbocycles. The molecule has 1 rings (SSSR count). The number of carboxylic acid groups (broad SMARTS) is 1. The van der Waals surface area contributed by atoms with Gasteiger partial charge in [-0.25, -0.2) is 0 Å². The van der Waals surface area contributed by atoms with E-state index in [1.807, 2.05) is 25.1 Å². The third kappa shape index (κ3) is 4.70. The average molecular weight is 228 g/mol. The van der Waals surface area contributed by atoms with E-state index in [1.165, 1.54) is 0 Å². The van der Waals surface area contributed by atoms with Gasteiger partial charge < -0.3 is 10.4 Å². The van der Waals surface area contributed by atoms with Crippen molar-refractivity contribution in [2.24, 2.45) is 5.92 Å². The molecule has 1 unspecified atom stereocenters. The van der Waals surface area contributed by atoms with Gasteiger partial charge in [-0.1, -0.05) is 24.6 Å². The predicted octanol–water partition coefficient (Wildman–Crippen LogP) is 2.86. The van der Waals surface area contributed by atoms with E-state index < -0.39 is 5.97 Å². The fourth-order valence-corrected chi connectivity index (χ4v) is 1.45. The Kier molecular flexibility index (Phi) is 4.43. The van der Waals surface area contributed by atoms with E-state index in [-0.39, 0.29) is 12.3 Å². The van der Waals surface area contributed by atoms with Crippen LogP contribution < -0.4 is 5.32 Å². The number of nitrogens with one attached hydrogen (secondary N) is 1. The largest absolute Gasteiger partial charge is 0.481 e. The van der Waals surface area contributed by atoms with Gasteiger partial charge in [0, 0.05) is 23.7 Å². The van der Waals surface area contributed by atoms with E-state index in [4.69, 9.17) is 16.7 Å². The number of carboxylic acids is 1. The van der Waals surface area contributed by atoms with E-state index in [0.717, 1.165) is 5.69 Å². The smallest absolute Gasteiger partial charge is 0.303 e. The molecule has 1 aromatic carbocycles. The fraction of sp³-hybridized carbons (Fsp3) is 0.364. The molecule has 0 radical (unpaired) electrons. The number of aliphatic carboxylic acids is 1. The summed E-state index contributed by atoms with van der Waals surface area (Å²) in [5.74, 6) is -0.670. The summed E-state index contributed by atoms with van der Waals surface area (Å²) in [5, 5.41) is 12.4. The van der Waals surface area contributed by atoms with Crippen LogP contribution >= 0.6 is 11.6 Å². The molecule has 0 heterocycles. The molecular weight excluding hydrogens is 214 g/mol. The lowest BCUT2D eigenvalue weighted by Gasteiger charge is -2.11. The van der Waals surface area contributed by atoms with Crippen LogP contribution in [0.15, 0.2) is 24.3 Å². The lowest BCUT2D eigenvalue weighted by atomic mass is 10.1. The highest BCUT2D eigenvalue weighted by molar-refractivity contribution is 6.30. The molecule has 0 aliphatic heterocycles. The van der Waals surface area contributed by atoms with Crippen molar-refractivity contribution in [3.8, 4) is 0 Å². The van der Waals surface area contributed by atoms with Crippen molar-refractivity contribution < 1.29 is 9.90 Å². The first kappa shape index (κ1) is 11.9. The maximum atomic E-state index is 10.4. The summed E-state index contributed by atoms with van der Waals surface area (Å²) in [7, 11) is 0. The highest BCUT2D eigenvalue weighted by Gasteiger charge is 2.06. The average Bonchev–Trinajstić information content (AvgIpc) is 2.14. The van der Waals surface area contributed by atoms with E-state index >= 15 is 0 Å². The molecule has 0 aliphatic carbocycles. The summed E-state index contributed by atoms with van der Waals surface area (Å²) in [6.45, 7) is 2.53. The molecule has 15 heavy (non-hydrogen) atoms. The van der Waals surface area contributed by atoms with Gasteiger partial charge in [0.25, 0.3) is 0 Å². The number of rotatable bonds is 5. The van der Waals surface area contributed by atoms with Crippen molar-refractivity contribution in [2.45, 2.75) is 13.3 Å². The van der Waals surface area contributed by atoms with Gasteiger partial charge in [0.05, 0.1) is 0 Å². The van der Waals surface area contributed by atoms with Gasteiger partial charge in [0.15, 0.2) is 0 Å². The second-order valence-corrected chi connectivity index (χ2v) is 4.03. The summed E-state index contributed by atoms with van der Waals surface area (Å²) >= 11 is 5.81. The standard InChI is InChI=1S/C11H14ClNO2/c1-8(5-11(14)15)7-13-10-4-2-3-9(12)6-10/h2-4,6,8,13H,5,7H2,1H3,(H,14,15). The fourth-order valence-electron chi connectivity index (χ4n) is 1.26. The van der Waals surface area contributed by atoms with E-state index in [9.17, 15) is 4.79 Å². The second-order valence-electron chi connectivity index (χ2n) is 3.59. The van der Waals surface area contributed by atoms with Crippen molar-refractivity contribution in [3.63, 3.8) is 0 Å². The van der Waals surface area contributed by atoms with Gasteiger partial charge >= 0.3 is 5.97 Å². The molecule has 1 atom stereocenters. The Morgan fingerprint density at radius 3 is 2.93 bits per heavy atom. The molecule has 0 aliphatic rings. The summed E-state index contributed by atoms with van der Waals surface area (Å²) in [6.07, 6.45) is 0.174. The molecule has 82 valence electrons. The number of anilines is 1. The minimum Gasteiger partial charge on any atom is -0.481 e. The third-order valence-electron chi connectivity index (χ3n) is 2.00. The number of hydrogen-bond donors (Lipinski definition) is 2. The SMILES string of the molecule is CC(CNc1cccc(Cl)c1)CC(=O)O. The monoisotopic (exact) mass is 227 g/mol. The maximum Gasteiger partial charge on any atom is 0.303 e. The first-order valence-corrected chi connectivity index (χ1v) is 5.17. The molecule has 3 nitrogen and oxygen atoms in total. The summed E-state index contributed by atoms with van der Waals surface area (Å²) in [4.78, 5) is 10.4. The van der Waals surface area contributed by atoms with Crippen LogP contribution in [0.4, 0.5) is 5.69 Å². The van der Waals surface area contributed by atoms with Gasteiger partial charge in [0.2, 0.25) is 0 Å². The molecule has 4 heteroatoms. The molecule has 0 amide bonds. The molecule has 0 aromatic heterocycles. The minimum atomic E-state index is -0.768. The molecule has 1 aromatic rings. The molecular formula is C11H14ClNO2. The van der Waals surface area contributed by atoms with Crippen LogP contribution in [0.3, 0.4) is 0 Å². The lowest BCUT2D eigenvalue weighted by molar-refractivity contribution is -0.137. The highest BCUT2D eigenvalue weighted by atomic mass is 35.5. The molecule has 0 bridgehead atoms. The molecule has 0 spiro atoms. The first-order chi connectivity index (χ1) is 7.08. The zero-order valence-electron chi connectivity index (χ0n) is 8.53. The van der Waals surface area contributed by atoms with Gasteiger partial charge in [-0.3, -0.25) is 4.79 Å². The first-order valence-electron chi connectivity index (χ1n) is 4.79. The Bertz CT molecular complexity index is 341. The third-order valence-corrected chi connectivity index (χ3v) is 2.24. The van der Waals surface area contributed by atoms with E-state index in [0.29, 0.717) is 11.6 Å². The maximum absolute atomic E-state index is 10.4. The lowest BCUT2D eigenvalue weighted by Crippen LogP contribution is -2.14. The predicted molar refractivity (Wildman–Crippen MR) is 61.4 cm³/mol. The van der Waals surface area contributed by atoms with Gasteiger partial charge in [-0.2, -0.15) is 0 Å². The number of hydrogen-bond acceptors (Lipinski definition) is 2. The molecule has 0 fully saturated rings. The molecule has 2 N–H and O–H groups in total. The second kappa shape index (κ2) is 5.61. The summed E-state index contributed by atoms with van der Waals surface area (Å²) in [6, 6.07) is 7.37. The Hall–Kier alpha value is -1.22. The van der Waals surface area contributed by atoms with Crippen molar-refractivity contribution in [2.75, 3.05) is 11.9 Å². The summed E-state index contributed by atoms with van der Waals surface area (Å²) in [5.41, 5.74) is 0.916. The van der Waals surface area contributed by atoms with Crippen molar-refractivity contribution >= 4 is 23.3 Å². The number of halogens is 1. The Morgan fingerprint density at radius 1 is 1.60 bits per heavy atom. The quantitative estimate of drug-likeness (QED) is 0.813. The topological polar surface area (TPSA) is 49.3 Å². The Labute approximate surface area is 94.1 Å². The van der Waals surface area contributed by atoms with Crippen molar-refractivity contribution in [3.05, 3.63) is 29.3 Å². The Morgan fingerprint density at radius 2 is 2.33 bits per heavy atom. The number of benzene rings is 1.